The highest BCUT2D eigenvalue weighted by molar-refractivity contribution is 7.89. The minimum Gasteiger partial charge on any atom is -0.481 e. The lowest BCUT2D eigenvalue weighted by Gasteiger charge is -2.15. The first-order chi connectivity index (χ1) is 9.27. The maximum Gasteiger partial charge on any atom is 0.306 e. The van der Waals surface area contributed by atoms with Crippen LogP contribution >= 0.6 is 23.2 Å². The van der Waals surface area contributed by atoms with Gasteiger partial charge >= 0.3 is 5.97 Å². The number of sulfonamides is 1. The number of hydrogen-bond acceptors (Lipinski definition) is 4. The summed E-state index contributed by atoms with van der Waals surface area (Å²) in [7, 11) is -2.59. The third-order valence-electron chi connectivity index (χ3n) is 2.44. The molecule has 0 bridgehead atoms. The van der Waals surface area contributed by atoms with E-state index in [1.165, 1.54) is 25.3 Å². The van der Waals surface area contributed by atoms with Crippen molar-refractivity contribution in [3.05, 3.63) is 28.2 Å². The van der Waals surface area contributed by atoms with Crippen molar-refractivity contribution < 1.29 is 23.1 Å². The molecule has 0 aliphatic rings. The lowest BCUT2D eigenvalue weighted by atomic mass is 10.2. The molecule has 1 aromatic carbocycles. The zero-order valence-corrected chi connectivity index (χ0v) is 12.8. The Hall–Kier alpha value is -0.860. The molecular formula is C11H13Cl2NO5S. The van der Waals surface area contributed by atoms with Gasteiger partial charge in [-0.25, -0.2) is 13.1 Å². The minimum absolute atomic E-state index is 0.0890. The molecule has 0 fully saturated rings. The van der Waals surface area contributed by atoms with E-state index in [1.807, 2.05) is 0 Å². The molecule has 0 amide bonds. The average molecular weight is 342 g/mol. The Bertz CT molecular complexity index is 590. The Balaban J connectivity index is 2.85. The van der Waals surface area contributed by atoms with Gasteiger partial charge in [0.2, 0.25) is 10.0 Å². The third-order valence-corrected chi connectivity index (χ3v) is 4.84. The highest BCUT2D eigenvalue weighted by Crippen LogP contribution is 2.28. The van der Waals surface area contributed by atoms with Crippen molar-refractivity contribution in [2.75, 3.05) is 13.7 Å². The summed E-state index contributed by atoms with van der Waals surface area (Å²) in [4.78, 5) is 10.4. The summed E-state index contributed by atoms with van der Waals surface area (Å²) in [5, 5.41) is 8.67. The zero-order valence-electron chi connectivity index (χ0n) is 10.5. The van der Waals surface area contributed by atoms with Gasteiger partial charge in [-0.3, -0.25) is 4.79 Å². The quantitative estimate of drug-likeness (QED) is 0.788. The smallest absolute Gasteiger partial charge is 0.306 e. The van der Waals surface area contributed by atoms with E-state index in [0.717, 1.165) is 0 Å². The summed E-state index contributed by atoms with van der Waals surface area (Å²) in [5.41, 5.74) is 0. The number of rotatable bonds is 7. The number of carbonyl (C=O) groups is 1. The number of carboxylic acids is 1. The molecule has 0 saturated carbocycles. The maximum atomic E-state index is 12.1. The molecule has 0 saturated heterocycles. The molecular weight excluding hydrogens is 329 g/mol. The number of nitrogens with one attached hydrogen (secondary N) is 1. The third kappa shape index (κ3) is 4.60. The van der Waals surface area contributed by atoms with Crippen molar-refractivity contribution in [1.82, 2.24) is 4.72 Å². The second kappa shape index (κ2) is 7.24. The van der Waals surface area contributed by atoms with Crippen molar-refractivity contribution in [2.45, 2.75) is 17.4 Å². The average Bonchev–Trinajstić information content (AvgIpc) is 2.37. The first-order valence-electron chi connectivity index (χ1n) is 5.46. The Morgan fingerprint density at radius 1 is 1.45 bits per heavy atom. The van der Waals surface area contributed by atoms with Crippen molar-refractivity contribution >= 4 is 39.2 Å². The standard InChI is InChI=1S/C11H13Cl2NO5S/c1-19-7(5-10(15)16)6-14-20(17,18)9-4-2-3-8(12)11(9)13/h2-4,7,14H,5-6H2,1H3,(H,15,16). The van der Waals surface area contributed by atoms with Crippen LogP contribution in [0, 0.1) is 0 Å². The van der Waals surface area contributed by atoms with Crippen LogP contribution in [-0.2, 0) is 19.6 Å². The zero-order chi connectivity index (χ0) is 15.3. The molecule has 2 N–H and O–H groups in total. The van der Waals surface area contributed by atoms with E-state index in [4.69, 9.17) is 33.0 Å². The van der Waals surface area contributed by atoms with Crippen LogP contribution < -0.4 is 4.72 Å². The van der Waals surface area contributed by atoms with Gasteiger partial charge in [-0.1, -0.05) is 29.3 Å². The normalized spacial score (nSPS) is 13.2. The summed E-state index contributed by atoms with van der Waals surface area (Å²) in [6, 6.07) is 4.22. The molecule has 1 atom stereocenters. The van der Waals surface area contributed by atoms with E-state index >= 15 is 0 Å². The topological polar surface area (TPSA) is 92.7 Å². The molecule has 0 heterocycles. The van der Waals surface area contributed by atoms with Crippen molar-refractivity contribution in [2.24, 2.45) is 0 Å². The van der Waals surface area contributed by atoms with E-state index < -0.39 is 22.1 Å². The molecule has 9 heteroatoms. The molecule has 0 aliphatic carbocycles. The van der Waals surface area contributed by atoms with Crippen LogP contribution in [0.15, 0.2) is 23.1 Å². The first-order valence-corrected chi connectivity index (χ1v) is 7.70. The van der Waals surface area contributed by atoms with Gasteiger partial charge in [0.05, 0.1) is 22.6 Å². The second-order valence-electron chi connectivity index (χ2n) is 3.86. The molecule has 112 valence electrons. The van der Waals surface area contributed by atoms with E-state index in [-0.39, 0.29) is 27.9 Å². The van der Waals surface area contributed by atoms with Crippen LogP contribution in [0.25, 0.3) is 0 Å². The Morgan fingerprint density at radius 3 is 2.65 bits per heavy atom. The van der Waals surface area contributed by atoms with Gasteiger partial charge in [-0.15, -0.1) is 0 Å². The van der Waals surface area contributed by atoms with Crippen molar-refractivity contribution in [3.63, 3.8) is 0 Å². The highest BCUT2D eigenvalue weighted by Gasteiger charge is 2.21. The Morgan fingerprint density at radius 2 is 2.10 bits per heavy atom. The van der Waals surface area contributed by atoms with E-state index in [1.54, 1.807) is 0 Å². The van der Waals surface area contributed by atoms with Crippen molar-refractivity contribution in [1.29, 1.82) is 0 Å². The Kier molecular flexibility index (Phi) is 6.22. The molecule has 6 nitrogen and oxygen atoms in total. The summed E-state index contributed by atoms with van der Waals surface area (Å²) in [5.74, 6) is -1.09. The molecule has 20 heavy (non-hydrogen) atoms. The highest BCUT2D eigenvalue weighted by atomic mass is 35.5. The van der Waals surface area contributed by atoms with Gasteiger partial charge < -0.3 is 9.84 Å². The minimum atomic E-state index is -3.89. The van der Waals surface area contributed by atoms with E-state index in [2.05, 4.69) is 4.72 Å². The lowest BCUT2D eigenvalue weighted by Crippen LogP contribution is -2.34. The fourth-order valence-electron chi connectivity index (χ4n) is 1.41. The second-order valence-corrected chi connectivity index (χ2v) is 6.38. The van der Waals surface area contributed by atoms with Gasteiger partial charge in [0.1, 0.15) is 4.90 Å². The number of methoxy groups -OCH3 is 1. The van der Waals surface area contributed by atoms with Crippen LogP contribution in [0.1, 0.15) is 6.42 Å². The summed E-state index contributed by atoms with van der Waals surface area (Å²) in [6.45, 7) is -0.187. The molecule has 0 aromatic heterocycles. The van der Waals surface area contributed by atoms with Gasteiger partial charge in [0.15, 0.2) is 0 Å². The summed E-state index contributed by atoms with van der Waals surface area (Å²) < 4.78 is 31.2. The lowest BCUT2D eigenvalue weighted by molar-refractivity contribution is -0.139. The van der Waals surface area contributed by atoms with Gasteiger partial charge in [-0.05, 0) is 12.1 Å². The number of hydrogen-bond donors (Lipinski definition) is 2. The Labute approximate surface area is 126 Å². The predicted octanol–water partition coefficient (Wildman–Crippen LogP) is 1.76. The molecule has 0 radical (unpaired) electrons. The fraction of sp³-hybridized carbons (Fsp3) is 0.364. The number of ether oxygens (including phenoxy) is 1. The van der Waals surface area contributed by atoms with Crippen molar-refractivity contribution in [3.8, 4) is 0 Å². The number of aliphatic carboxylic acids is 1. The first kappa shape index (κ1) is 17.2. The summed E-state index contributed by atoms with van der Waals surface area (Å²) in [6.07, 6.45) is -1.09. The molecule has 0 aliphatic heterocycles. The SMILES string of the molecule is COC(CNS(=O)(=O)c1cccc(Cl)c1Cl)CC(=O)O. The monoisotopic (exact) mass is 341 g/mol. The van der Waals surface area contributed by atoms with Crippen LogP contribution in [0.4, 0.5) is 0 Å². The molecule has 0 spiro atoms. The molecule has 1 unspecified atom stereocenters. The van der Waals surface area contributed by atoms with E-state index in [0.29, 0.717) is 0 Å². The number of carboxylic acid groups (broad SMARTS) is 1. The van der Waals surface area contributed by atoms with Crippen LogP contribution in [0.3, 0.4) is 0 Å². The molecule has 1 aromatic rings. The number of benzene rings is 1. The van der Waals surface area contributed by atoms with Crippen LogP contribution in [0.5, 0.6) is 0 Å². The van der Waals surface area contributed by atoms with E-state index in [9.17, 15) is 13.2 Å². The van der Waals surface area contributed by atoms with Crippen LogP contribution in [0.2, 0.25) is 10.0 Å². The fourth-order valence-corrected chi connectivity index (χ4v) is 3.23. The molecule has 1 rings (SSSR count). The van der Waals surface area contributed by atoms with Gasteiger partial charge in [0.25, 0.3) is 0 Å². The predicted molar refractivity (Wildman–Crippen MR) is 74.7 cm³/mol. The van der Waals surface area contributed by atoms with Crippen LogP contribution in [-0.4, -0.2) is 39.3 Å². The number of halogens is 2. The van der Waals surface area contributed by atoms with Gasteiger partial charge in [-0.2, -0.15) is 0 Å². The van der Waals surface area contributed by atoms with Gasteiger partial charge in [0, 0.05) is 13.7 Å². The largest absolute Gasteiger partial charge is 0.481 e. The summed E-state index contributed by atoms with van der Waals surface area (Å²) >= 11 is 11.6. The maximum absolute atomic E-state index is 12.1.